The summed E-state index contributed by atoms with van der Waals surface area (Å²) in [6.45, 7) is 1.99. The Balaban J connectivity index is 1.92. The molecule has 3 aromatic rings. The molecular formula is C20H17IN2O2S2. The van der Waals surface area contributed by atoms with Gasteiger partial charge in [-0.2, -0.15) is 0 Å². The van der Waals surface area contributed by atoms with Gasteiger partial charge in [0.15, 0.2) is 5.11 Å². The van der Waals surface area contributed by atoms with Crippen molar-refractivity contribution < 1.29 is 9.53 Å². The number of hydrogen-bond donors (Lipinski definition) is 2. The van der Waals surface area contributed by atoms with Crippen LogP contribution in [0.1, 0.15) is 15.2 Å². The SMILES string of the molecule is COC(=O)c1c(NC(=S)Nc2ccc(I)cc2)sc(C)c1-c1ccccc1. The van der Waals surface area contributed by atoms with E-state index in [1.165, 1.54) is 18.4 Å². The number of methoxy groups -OCH3 is 1. The third-order valence-corrected chi connectivity index (χ3v) is 5.81. The number of thiocarbonyl (C=S) groups is 1. The number of aryl methyl sites for hydroxylation is 1. The Kier molecular flexibility index (Phi) is 6.46. The first kappa shape index (κ1) is 19.8. The molecule has 1 heterocycles. The normalized spacial score (nSPS) is 10.3. The molecule has 4 nitrogen and oxygen atoms in total. The predicted octanol–water partition coefficient (Wildman–Crippen LogP) is 5.92. The minimum atomic E-state index is -0.391. The van der Waals surface area contributed by atoms with E-state index in [2.05, 4.69) is 33.2 Å². The van der Waals surface area contributed by atoms with E-state index in [9.17, 15) is 4.79 Å². The number of thiophene rings is 1. The third kappa shape index (κ3) is 4.66. The molecule has 2 N–H and O–H groups in total. The number of hydrogen-bond acceptors (Lipinski definition) is 4. The molecule has 0 amide bonds. The highest BCUT2D eigenvalue weighted by atomic mass is 127. The second kappa shape index (κ2) is 8.81. The van der Waals surface area contributed by atoms with Crippen molar-refractivity contribution in [3.63, 3.8) is 0 Å². The molecule has 0 spiro atoms. The van der Waals surface area contributed by atoms with Crippen LogP contribution in [0.15, 0.2) is 54.6 Å². The van der Waals surface area contributed by atoms with Crippen LogP contribution in [0, 0.1) is 10.5 Å². The molecule has 0 fully saturated rings. The highest BCUT2D eigenvalue weighted by Crippen LogP contribution is 2.40. The average Bonchev–Trinajstić information content (AvgIpc) is 2.99. The quantitative estimate of drug-likeness (QED) is 0.260. The lowest BCUT2D eigenvalue weighted by molar-refractivity contribution is 0.0603. The Labute approximate surface area is 181 Å². The topological polar surface area (TPSA) is 50.4 Å². The fourth-order valence-corrected chi connectivity index (χ4v) is 4.39. The minimum Gasteiger partial charge on any atom is -0.465 e. The van der Waals surface area contributed by atoms with Crippen molar-refractivity contribution in [3.8, 4) is 11.1 Å². The number of halogens is 1. The lowest BCUT2D eigenvalue weighted by Gasteiger charge is -2.11. The number of ether oxygens (including phenoxy) is 1. The summed E-state index contributed by atoms with van der Waals surface area (Å²) < 4.78 is 6.17. The fraction of sp³-hybridized carbons (Fsp3) is 0.100. The van der Waals surface area contributed by atoms with Gasteiger partial charge in [0.2, 0.25) is 0 Å². The van der Waals surface area contributed by atoms with E-state index in [-0.39, 0.29) is 0 Å². The van der Waals surface area contributed by atoms with Gasteiger partial charge in [-0.3, -0.25) is 0 Å². The molecule has 0 saturated heterocycles. The van der Waals surface area contributed by atoms with E-state index in [0.717, 1.165) is 25.3 Å². The van der Waals surface area contributed by atoms with Gasteiger partial charge in [0.1, 0.15) is 10.6 Å². The predicted molar refractivity (Wildman–Crippen MR) is 125 cm³/mol. The van der Waals surface area contributed by atoms with Crippen molar-refractivity contribution in [1.29, 1.82) is 0 Å². The zero-order valence-corrected chi connectivity index (χ0v) is 18.5. The Bertz CT molecular complexity index is 970. The van der Waals surface area contributed by atoms with Gasteiger partial charge in [-0.1, -0.05) is 30.3 Å². The summed E-state index contributed by atoms with van der Waals surface area (Å²) in [5, 5.41) is 7.38. The summed E-state index contributed by atoms with van der Waals surface area (Å²) in [4.78, 5) is 13.5. The van der Waals surface area contributed by atoms with Crippen molar-refractivity contribution in [2.24, 2.45) is 0 Å². The van der Waals surface area contributed by atoms with Crippen molar-refractivity contribution in [1.82, 2.24) is 0 Å². The molecule has 0 bridgehead atoms. The maximum atomic E-state index is 12.5. The van der Waals surface area contributed by atoms with Gasteiger partial charge in [0.05, 0.1) is 7.11 Å². The molecule has 7 heteroatoms. The van der Waals surface area contributed by atoms with Crippen LogP contribution in [-0.4, -0.2) is 18.2 Å². The summed E-state index contributed by atoms with van der Waals surface area (Å²) in [6.07, 6.45) is 0. The lowest BCUT2D eigenvalue weighted by Crippen LogP contribution is -2.20. The Morgan fingerprint density at radius 1 is 1.07 bits per heavy atom. The smallest absolute Gasteiger partial charge is 0.341 e. The Hall–Kier alpha value is -1.97. The largest absolute Gasteiger partial charge is 0.465 e. The van der Waals surface area contributed by atoms with Crippen LogP contribution in [0.4, 0.5) is 10.7 Å². The number of anilines is 2. The molecule has 138 valence electrons. The van der Waals surface area contributed by atoms with Gasteiger partial charge in [-0.05, 0) is 71.6 Å². The van der Waals surface area contributed by atoms with Crippen molar-refractivity contribution in [2.45, 2.75) is 6.92 Å². The number of rotatable bonds is 4. The van der Waals surface area contributed by atoms with Crippen LogP contribution in [0.3, 0.4) is 0 Å². The highest BCUT2D eigenvalue weighted by Gasteiger charge is 2.24. The van der Waals surface area contributed by atoms with Crippen molar-refractivity contribution >= 4 is 67.9 Å². The first-order valence-electron chi connectivity index (χ1n) is 8.10. The second-order valence-corrected chi connectivity index (χ2v) is 8.56. The maximum absolute atomic E-state index is 12.5. The van der Waals surface area contributed by atoms with Crippen LogP contribution in [0.25, 0.3) is 11.1 Å². The molecule has 0 saturated carbocycles. The van der Waals surface area contributed by atoms with Crippen LogP contribution >= 0.6 is 46.1 Å². The first-order valence-corrected chi connectivity index (χ1v) is 10.4. The molecule has 3 rings (SSSR count). The number of benzene rings is 2. The monoisotopic (exact) mass is 508 g/mol. The third-order valence-electron chi connectivity index (χ3n) is 3.87. The Morgan fingerprint density at radius 3 is 2.37 bits per heavy atom. The average molecular weight is 508 g/mol. The molecule has 0 aliphatic heterocycles. The van der Waals surface area contributed by atoms with E-state index in [0.29, 0.717) is 15.7 Å². The molecule has 0 atom stereocenters. The molecule has 0 radical (unpaired) electrons. The minimum absolute atomic E-state index is 0.391. The molecular weight excluding hydrogens is 491 g/mol. The Morgan fingerprint density at radius 2 is 1.74 bits per heavy atom. The van der Waals surface area contributed by atoms with Gasteiger partial charge < -0.3 is 15.4 Å². The molecule has 1 aromatic heterocycles. The summed E-state index contributed by atoms with van der Waals surface area (Å²) in [6, 6.07) is 17.7. The van der Waals surface area contributed by atoms with Gasteiger partial charge in [-0.25, -0.2) is 4.79 Å². The van der Waals surface area contributed by atoms with Gasteiger partial charge in [0.25, 0.3) is 0 Å². The van der Waals surface area contributed by atoms with E-state index < -0.39 is 5.97 Å². The number of carbonyl (C=O) groups is 1. The summed E-state index contributed by atoms with van der Waals surface area (Å²) in [5.41, 5.74) is 3.21. The van der Waals surface area contributed by atoms with E-state index in [1.807, 2.05) is 61.5 Å². The molecule has 2 aromatic carbocycles. The van der Waals surface area contributed by atoms with E-state index in [4.69, 9.17) is 17.0 Å². The van der Waals surface area contributed by atoms with Crippen LogP contribution in [0.2, 0.25) is 0 Å². The van der Waals surface area contributed by atoms with Gasteiger partial charge >= 0.3 is 5.97 Å². The maximum Gasteiger partial charge on any atom is 0.341 e. The van der Waals surface area contributed by atoms with Crippen LogP contribution in [0.5, 0.6) is 0 Å². The molecule has 27 heavy (non-hydrogen) atoms. The highest BCUT2D eigenvalue weighted by molar-refractivity contribution is 14.1. The van der Waals surface area contributed by atoms with Crippen LogP contribution < -0.4 is 10.6 Å². The zero-order chi connectivity index (χ0) is 19.4. The van der Waals surface area contributed by atoms with Gasteiger partial charge in [-0.15, -0.1) is 11.3 Å². The second-order valence-electron chi connectivity index (χ2n) is 5.68. The first-order chi connectivity index (χ1) is 13.0. The number of carbonyl (C=O) groups excluding carboxylic acids is 1. The fourth-order valence-electron chi connectivity index (χ4n) is 2.68. The van der Waals surface area contributed by atoms with E-state index in [1.54, 1.807) is 0 Å². The number of nitrogens with one attached hydrogen (secondary N) is 2. The summed E-state index contributed by atoms with van der Waals surface area (Å²) in [5.74, 6) is -0.391. The van der Waals surface area contributed by atoms with Gasteiger partial charge in [0, 0.05) is 19.7 Å². The van der Waals surface area contributed by atoms with E-state index >= 15 is 0 Å². The summed E-state index contributed by atoms with van der Waals surface area (Å²) >= 11 is 9.16. The lowest BCUT2D eigenvalue weighted by atomic mass is 10.0. The van der Waals surface area contributed by atoms with Crippen LogP contribution in [-0.2, 0) is 4.74 Å². The van der Waals surface area contributed by atoms with Crippen molar-refractivity contribution in [3.05, 3.63) is 68.6 Å². The molecule has 0 unspecified atom stereocenters. The number of esters is 1. The zero-order valence-electron chi connectivity index (χ0n) is 14.7. The van der Waals surface area contributed by atoms with Crippen molar-refractivity contribution in [2.75, 3.05) is 17.7 Å². The molecule has 0 aliphatic carbocycles. The summed E-state index contributed by atoms with van der Waals surface area (Å²) in [7, 11) is 1.38. The molecule has 0 aliphatic rings. The standard InChI is InChI=1S/C20H17IN2O2S2/c1-12-16(13-6-4-3-5-7-13)17(19(24)25-2)18(27-12)23-20(26)22-15-10-8-14(21)9-11-15/h3-11H,1-2H3,(H2,22,23,26).